The maximum Gasteiger partial charge on any atom is 0.232 e. The molecule has 2 aliphatic rings. The molecule has 0 bridgehead atoms. The van der Waals surface area contributed by atoms with Crippen LogP contribution in [0.15, 0.2) is 24.4 Å². The molecule has 2 atom stereocenters. The van der Waals surface area contributed by atoms with Gasteiger partial charge in [0.2, 0.25) is 11.8 Å². The van der Waals surface area contributed by atoms with Crippen LogP contribution in [-0.4, -0.2) is 64.3 Å². The van der Waals surface area contributed by atoms with Crippen molar-refractivity contribution in [3.63, 3.8) is 0 Å². The van der Waals surface area contributed by atoms with Crippen LogP contribution in [0, 0.1) is 5.92 Å². The van der Waals surface area contributed by atoms with Crippen molar-refractivity contribution in [1.29, 1.82) is 0 Å². The molecule has 1 aromatic heterocycles. The second-order valence-corrected chi connectivity index (χ2v) is 7.45. The van der Waals surface area contributed by atoms with E-state index in [2.05, 4.69) is 9.88 Å². The van der Waals surface area contributed by atoms with Crippen molar-refractivity contribution in [2.75, 3.05) is 31.6 Å². The summed E-state index contributed by atoms with van der Waals surface area (Å²) >= 11 is 1.58. The first-order valence-electron chi connectivity index (χ1n) is 8.65. The van der Waals surface area contributed by atoms with Gasteiger partial charge in [0.1, 0.15) is 0 Å². The second kappa shape index (κ2) is 8.01. The molecule has 0 radical (unpaired) electrons. The van der Waals surface area contributed by atoms with Gasteiger partial charge < -0.3 is 9.80 Å². The molecule has 0 aliphatic carbocycles. The standard InChI is InChI=1S/C18H25N3O2S/c1-24-13-18(23)20-10-8-16-14(12-20)5-6-17(22)21(16)11-7-15-4-2-3-9-19-15/h2-4,9,14,16H,5-8,10-13H2,1H3/t14-,16+/m0/s1. The number of amides is 2. The van der Waals surface area contributed by atoms with E-state index in [4.69, 9.17) is 0 Å². The molecule has 5 nitrogen and oxygen atoms in total. The summed E-state index contributed by atoms with van der Waals surface area (Å²) in [6, 6.07) is 6.19. The van der Waals surface area contributed by atoms with Gasteiger partial charge in [-0.3, -0.25) is 14.6 Å². The van der Waals surface area contributed by atoms with Gasteiger partial charge in [-0.25, -0.2) is 0 Å². The van der Waals surface area contributed by atoms with Crippen LogP contribution in [0.5, 0.6) is 0 Å². The monoisotopic (exact) mass is 347 g/mol. The molecule has 2 amide bonds. The smallest absolute Gasteiger partial charge is 0.232 e. The fourth-order valence-electron chi connectivity index (χ4n) is 3.86. The van der Waals surface area contributed by atoms with Crippen molar-refractivity contribution < 1.29 is 9.59 Å². The average Bonchev–Trinajstić information content (AvgIpc) is 2.61. The van der Waals surface area contributed by atoms with Crippen LogP contribution >= 0.6 is 11.8 Å². The summed E-state index contributed by atoms with van der Waals surface area (Å²) in [6.07, 6.45) is 6.97. The van der Waals surface area contributed by atoms with E-state index in [-0.39, 0.29) is 17.9 Å². The predicted octanol–water partition coefficient (Wildman–Crippen LogP) is 1.83. The SMILES string of the molecule is CSCC(=O)N1CC[C@@H]2[C@@H](CCC(=O)N2CCc2ccccn2)C1. The minimum atomic E-state index is 0.234. The first-order chi connectivity index (χ1) is 11.7. The Morgan fingerprint density at radius 3 is 3.00 bits per heavy atom. The molecule has 130 valence electrons. The molecule has 0 spiro atoms. The van der Waals surface area contributed by atoms with E-state index in [0.29, 0.717) is 18.1 Å². The summed E-state index contributed by atoms with van der Waals surface area (Å²) in [7, 11) is 0. The third-order valence-corrected chi connectivity index (χ3v) is 5.63. The number of thioether (sulfide) groups is 1. The molecular formula is C18H25N3O2S. The van der Waals surface area contributed by atoms with Gasteiger partial charge in [0, 0.05) is 50.4 Å². The van der Waals surface area contributed by atoms with E-state index in [0.717, 1.165) is 44.6 Å². The van der Waals surface area contributed by atoms with Gasteiger partial charge >= 0.3 is 0 Å². The van der Waals surface area contributed by atoms with Gasteiger partial charge in [-0.15, -0.1) is 0 Å². The molecule has 1 aromatic rings. The van der Waals surface area contributed by atoms with Gasteiger partial charge in [0.15, 0.2) is 0 Å². The van der Waals surface area contributed by atoms with Crippen LogP contribution in [0.2, 0.25) is 0 Å². The number of pyridine rings is 1. The molecule has 6 heteroatoms. The van der Waals surface area contributed by atoms with Crippen LogP contribution in [0.4, 0.5) is 0 Å². The van der Waals surface area contributed by atoms with Gasteiger partial charge in [-0.1, -0.05) is 6.07 Å². The Balaban J connectivity index is 1.61. The lowest BCUT2D eigenvalue weighted by atomic mass is 9.83. The molecule has 0 N–H and O–H groups in total. The van der Waals surface area contributed by atoms with Crippen LogP contribution in [-0.2, 0) is 16.0 Å². The summed E-state index contributed by atoms with van der Waals surface area (Å²) in [6.45, 7) is 2.31. The number of rotatable bonds is 5. The van der Waals surface area contributed by atoms with Crippen LogP contribution in [0.1, 0.15) is 25.0 Å². The molecule has 2 fully saturated rings. The summed E-state index contributed by atoms with van der Waals surface area (Å²) in [4.78, 5) is 33.0. The zero-order valence-electron chi connectivity index (χ0n) is 14.2. The molecule has 0 unspecified atom stereocenters. The second-order valence-electron chi connectivity index (χ2n) is 6.59. The number of nitrogens with zero attached hydrogens (tertiary/aromatic N) is 3. The number of piperidine rings is 2. The van der Waals surface area contributed by atoms with Crippen molar-refractivity contribution in [2.24, 2.45) is 5.92 Å². The van der Waals surface area contributed by atoms with E-state index in [1.807, 2.05) is 29.4 Å². The Hall–Kier alpha value is -1.56. The fraction of sp³-hybridized carbons (Fsp3) is 0.611. The third kappa shape index (κ3) is 3.91. The van der Waals surface area contributed by atoms with Gasteiger partial charge in [0.25, 0.3) is 0 Å². The van der Waals surface area contributed by atoms with Crippen molar-refractivity contribution >= 4 is 23.6 Å². The molecule has 24 heavy (non-hydrogen) atoms. The Bertz CT molecular complexity index is 581. The number of aromatic nitrogens is 1. The number of carbonyl (C=O) groups is 2. The topological polar surface area (TPSA) is 53.5 Å². The van der Waals surface area contributed by atoms with Crippen LogP contribution in [0.3, 0.4) is 0 Å². The summed E-state index contributed by atoms with van der Waals surface area (Å²) in [5, 5.41) is 0. The zero-order chi connectivity index (χ0) is 16.9. The van der Waals surface area contributed by atoms with Crippen LogP contribution in [0.25, 0.3) is 0 Å². The van der Waals surface area contributed by atoms with E-state index in [1.54, 1.807) is 18.0 Å². The highest BCUT2D eigenvalue weighted by Gasteiger charge is 2.39. The minimum Gasteiger partial charge on any atom is -0.342 e. The quantitative estimate of drug-likeness (QED) is 0.815. The Morgan fingerprint density at radius 2 is 2.25 bits per heavy atom. The lowest BCUT2D eigenvalue weighted by Crippen LogP contribution is -2.57. The highest BCUT2D eigenvalue weighted by atomic mass is 32.2. The Morgan fingerprint density at radius 1 is 1.38 bits per heavy atom. The zero-order valence-corrected chi connectivity index (χ0v) is 15.0. The summed E-state index contributed by atoms with van der Waals surface area (Å²) in [5.74, 6) is 1.47. The molecule has 0 aromatic carbocycles. The molecule has 2 aliphatic heterocycles. The first kappa shape index (κ1) is 17.3. The molecule has 3 heterocycles. The van der Waals surface area contributed by atoms with Crippen molar-refractivity contribution in [1.82, 2.24) is 14.8 Å². The number of fused-ring (bicyclic) bond motifs is 1. The normalized spacial score (nSPS) is 24.0. The Labute approximate surface area is 147 Å². The number of carbonyl (C=O) groups excluding carboxylic acids is 2. The molecular weight excluding hydrogens is 322 g/mol. The van der Waals surface area contributed by atoms with Gasteiger partial charge in [-0.05, 0) is 37.1 Å². The maximum atomic E-state index is 12.4. The van der Waals surface area contributed by atoms with E-state index in [9.17, 15) is 9.59 Å². The van der Waals surface area contributed by atoms with E-state index >= 15 is 0 Å². The lowest BCUT2D eigenvalue weighted by molar-refractivity contribution is -0.143. The summed E-state index contributed by atoms with van der Waals surface area (Å²) in [5.41, 5.74) is 1.03. The molecule has 0 saturated carbocycles. The third-order valence-electron chi connectivity index (χ3n) is 5.10. The van der Waals surface area contributed by atoms with E-state index in [1.165, 1.54) is 0 Å². The van der Waals surface area contributed by atoms with Crippen molar-refractivity contribution in [3.05, 3.63) is 30.1 Å². The van der Waals surface area contributed by atoms with Crippen molar-refractivity contribution in [2.45, 2.75) is 31.7 Å². The van der Waals surface area contributed by atoms with Crippen molar-refractivity contribution in [3.8, 4) is 0 Å². The molecule has 2 saturated heterocycles. The lowest BCUT2D eigenvalue weighted by Gasteiger charge is -2.47. The molecule has 3 rings (SSSR count). The van der Waals surface area contributed by atoms with E-state index < -0.39 is 0 Å². The fourth-order valence-corrected chi connectivity index (χ4v) is 4.29. The largest absolute Gasteiger partial charge is 0.342 e. The summed E-state index contributed by atoms with van der Waals surface area (Å²) < 4.78 is 0. The number of likely N-dealkylation sites (tertiary alicyclic amines) is 2. The predicted molar refractivity (Wildman–Crippen MR) is 95.7 cm³/mol. The van der Waals surface area contributed by atoms with Crippen LogP contribution < -0.4 is 0 Å². The first-order valence-corrected chi connectivity index (χ1v) is 10.0. The average molecular weight is 347 g/mol. The minimum absolute atomic E-state index is 0.234. The highest BCUT2D eigenvalue weighted by Crippen LogP contribution is 2.31. The number of hydrogen-bond donors (Lipinski definition) is 0. The van der Waals surface area contributed by atoms with Gasteiger partial charge in [-0.2, -0.15) is 11.8 Å². The Kier molecular flexibility index (Phi) is 5.76. The van der Waals surface area contributed by atoms with Gasteiger partial charge in [0.05, 0.1) is 5.75 Å². The number of hydrogen-bond acceptors (Lipinski definition) is 4. The highest BCUT2D eigenvalue weighted by molar-refractivity contribution is 7.99. The maximum absolute atomic E-state index is 12.4.